The number of Topliss-reactive ketones (excluding diaryl/α,β-unsaturated/α-hetero) is 1. The smallest absolute Gasteiger partial charge is 0.382 e. The van der Waals surface area contributed by atoms with E-state index >= 15 is 0 Å². The van der Waals surface area contributed by atoms with Crippen LogP contribution >= 0.6 is 11.6 Å². The molecule has 15 heteroatoms. The number of aryl methyl sites for hydroxylation is 1. The van der Waals surface area contributed by atoms with Crippen molar-refractivity contribution in [3.05, 3.63) is 28.3 Å². The molecule has 0 radical (unpaired) electrons. The van der Waals surface area contributed by atoms with Gasteiger partial charge in [0.2, 0.25) is 5.91 Å². The van der Waals surface area contributed by atoms with Crippen LogP contribution in [0.4, 0.5) is 24.8 Å². The molecular formula is C20H23ClF3N9O2. The number of rotatable bonds is 5. The minimum atomic E-state index is -4.57. The number of carbonyl (C=O) groups is 2. The van der Waals surface area contributed by atoms with Crippen LogP contribution in [0, 0.1) is 6.92 Å². The number of nitrogens with zero attached hydrogens (tertiary/aromatic N) is 6. The van der Waals surface area contributed by atoms with E-state index in [1.165, 1.54) is 6.92 Å². The number of likely N-dealkylation sites (tertiary alicyclic amines) is 1. The van der Waals surface area contributed by atoms with Crippen molar-refractivity contribution in [2.45, 2.75) is 44.4 Å². The molecule has 2 aliphatic rings. The summed E-state index contributed by atoms with van der Waals surface area (Å²) < 4.78 is 39.7. The first kappa shape index (κ1) is 24.7. The van der Waals surface area contributed by atoms with Gasteiger partial charge in [0.15, 0.2) is 34.0 Å². The van der Waals surface area contributed by atoms with Crippen LogP contribution < -0.4 is 16.8 Å². The summed E-state index contributed by atoms with van der Waals surface area (Å²) >= 11 is 5.84. The van der Waals surface area contributed by atoms with Crippen LogP contribution in [0.3, 0.4) is 0 Å². The number of halogens is 4. The fraction of sp³-hybridized carbons (Fsp3) is 0.500. The lowest BCUT2D eigenvalue weighted by molar-refractivity contribution is -0.142. The Morgan fingerprint density at radius 2 is 1.89 bits per heavy atom. The molecule has 0 aliphatic carbocycles. The molecule has 2 aromatic rings. The van der Waals surface area contributed by atoms with E-state index < -0.39 is 23.2 Å². The Hall–Kier alpha value is -3.42. The Bertz CT molecular complexity index is 1200. The molecular weight excluding hydrogens is 491 g/mol. The molecule has 0 atom stereocenters. The normalized spacial score (nSPS) is 17.4. The van der Waals surface area contributed by atoms with Gasteiger partial charge < -0.3 is 21.7 Å². The highest BCUT2D eigenvalue weighted by Crippen LogP contribution is 2.29. The molecule has 2 aromatic heterocycles. The second-order valence-electron chi connectivity index (χ2n) is 8.61. The number of carbonyl (C=O) groups excluding carboxylic acids is 2. The first-order chi connectivity index (χ1) is 16.4. The maximum Gasteiger partial charge on any atom is 0.435 e. The molecule has 1 spiro atoms. The molecule has 0 unspecified atom stereocenters. The topological polar surface area (TPSA) is 157 Å². The van der Waals surface area contributed by atoms with Crippen molar-refractivity contribution < 1.29 is 22.8 Å². The zero-order valence-electron chi connectivity index (χ0n) is 18.7. The summed E-state index contributed by atoms with van der Waals surface area (Å²) in [5.41, 5.74) is 10.0. The molecule has 0 bridgehead atoms. The average molecular weight is 514 g/mol. The van der Waals surface area contributed by atoms with Crippen molar-refractivity contribution in [1.29, 1.82) is 0 Å². The van der Waals surface area contributed by atoms with E-state index in [0.717, 1.165) is 10.7 Å². The first-order valence-corrected chi connectivity index (χ1v) is 11.1. The van der Waals surface area contributed by atoms with Gasteiger partial charge in [0, 0.05) is 18.8 Å². The van der Waals surface area contributed by atoms with E-state index in [4.69, 9.17) is 23.1 Å². The van der Waals surface area contributed by atoms with Crippen molar-refractivity contribution in [3.63, 3.8) is 0 Å². The SMILES string of the molecule is Cc1cc(C(F)(F)F)nn1CC(=O)N1CCC2(CC1)CN=C(CC(=O)c1nc(Cl)c(N)nc1N)N2. The van der Waals surface area contributed by atoms with E-state index in [2.05, 4.69) is 25.4 Å². The van der Waals surface area contributed by atoms with Gasteiger partial charge in [0.1, 0.15) is 12.4 Å². The maximum atomic E-state index is 12.9. The number of hydrogen-bond donors (Lipinski definition) is 3. The van der Waals surface area contributed by atoms with Crippen LogP contribution in [0.15, 0.2) is 11.1 Å². The predicted molar refractivity (Wildman–Crippen MR) is 121 cm³/mol. The molecule has 1 amide bonds. The van der Waals surface area contributed by atoms with Crippen LogP contribution in [0.5, 0.6) is 0 Å². The molecule has 2 aliphatic heterocycles. The summed E-state index contributed by atoms with van der Waals surface area (Å²) in [6, 6.07) is 0.915. The number of nitrogen functional groups attached to an aromatic ring is 2. The number of aromatic nitrogens is 4. The van der Waals surface area contributed by atoms with Gasteiger partial charge in [0.05, 0.1) is 18.5 Å². The van der Waals surface area contributed by atoms with Gasteiger partial charge in [-0.2, -0.15) is 18.3 Å². The third-order valence-corrected chi connectivity index (χ3v) is 6.39. The third-order valence-electron chi connectivity index (χ3n) is 6.11. The summed E-state index contributed by atoms with van der Waals surface area (Å²) in [4.78, 5) is 39.1. The molecule has 5 N–H and O–H groups in total. The fourth-order valence-electron chi connectivity index (χ4n) is 4.12. The van der Waals surface area contributed by atoms with Crippen LogP contribution in [-0.2, 0) is 17.5 Å². The van der Waals surface area contributed by atoms with Gasteiger partial charge in [-0.25, -0.2) is 9.97 Å². The Morgan fingerprint density at radius 1 is 1.20 bits per heavy atom. The molecule has 11 nitrogen and oxygen atoms in total. The van der Waals surface area contributed by atoms with Gasteiger partial charge >= 0.3 is 6.18 Å². The van der Waals surface area contributed by atoms with E-state index in [1.54, 1.807) is 4.90 Å². The van der Waals surface area contributed by atoms with Gasteiger partial charge in [-0.15, -0.1) is 0 Å². The van der Waals surface area contributed by atoms with Crippen LogP contribution in [0.25, 0.3) is 0 Å². The Labute approximate surface area is 202 Å². The van der Waals surface area contributed by atoms with Gasteiger partial charge in [0.25, 0.3) is 0 Å². The van der Waals surface area contributed by atoms with E-state index in [9.17, 15) is 22.8 Å². The van der Waals surface area contributed by atoms with Crippen molar-refractivity contribution >= 4 is 40.8 Å². The molecule has 188 valence electrons. The monoisotopic (exact) mass is 513 g/mol. The summed E-state index contributed by atoms with van der Waals surface area (Å²) in [6.45, 7) is 2.41. The van der Waals surface area contributed by atoms with Crippen LogP contribution in [-0.4, -0.2) is 67.3 Å². The highest BCUT2D eigenvalue weighted by Gasteiger charge is 2.40. The summed E-state index contributed by atoms with van der Waals surface area (Å²) in [6.07, 6.45) is -3.53. The number of amidine groups is 1. The molecule has 4 heterocycles. The Balaban J connectivity index is 1.31. The minimum absolute atomic E-state index is 0.0687. The van der Waals surface area contributed by atoms with Crippen molar-refractivity contribution in [1.82, 2.24) is 30.0 Å². The second kappa shape index (κ2) is 8.98. The first-order valence-electron chi connectivity index (χ1n) is 10.7. The van der Waals surface area contributed by atoms with Crippen molar-refractivity contribution in [2.75, 3.05) is 31.1 Å². The van der Waals surface area contributed by atoms with Crippen molar-refractivity contribution in [3.8, 4) is 0 Å². The third kappa shape index (κ3) is 5.16. The molecule has 1 saturated heterocycles. The largest absolute Gasteiger partial charge is 0.435 e. The number of nitrogens with two attached hydrogens (primary N) is 2. The molecule has 35 heavy (non-hydrogen) atoms. The number of hydrogen-bond acceptors (Lipinski definition) is 9. The Morgan fingerprint density at radius 3 is 2.51 bits per heavy atom. The maximum absolute atomic E-state index is 12.9. The van der Waals surface area contributed by atoms with Gasteiger partial charge in [-0.05, 0) is 25.8 Å². The fourth-order valence-corrected chi connectivity index (χ4v) is 4.25. The number of ketones is 1. The molecule has 1 fully saturated rings. The Kier molecular flexibility index (Phi) is 6.34. The predicted octanol–water partition coefficient (Wildman–Crippen LogP) is 1.45. The number of anilines is 2. The highest BCUT2D eigenvalue weighted by molar-refractivity contribution is 6.31. The number of alkyl halides is 3. The lowest BCUT2D eigenvalue weighted by Gasteiger charge is -2.39. The lowest BCUT2D eigenvalue weighted by Crippen LogP contribution is -2.55. The highest BCUT2D eigenvalue weighted by atomic mass is 35.5. The zero-order chi connectivity index (χ0) is 25.5. The van der Waals surface area contributed by atoms with Crippen LogP contribution in [0.1, 0.15) is 41.1 Å². The van der Waals surface area contributed by atoms with E-state index in [-0.39, 0.29) is 47.0 Å². The lowest BCUT2D eigenvalue weighted by atomic mass is 9.88. The van der Waals surface area contributed by atoms with E-state index in [1.807, 2.05) is 0 Å². The van der Waals surface area contributed by atoms with Crippen LogP contribution in [0.2, 0.25) is 5.15 Å². The summed E-state index contributed by atoms with van der Waals surface area (Å²) in [7, 11) is 0. The molecule has 0 aromatic carbocycles. The number of amides is 1. The second-order valence-corrected chi connectivity index (χ2v) is 8.97. The van der Waals surface area contributed by atoms with Gasteiger partial charge in [-0.3, -0.25) is 19.3 Å². The quantitative estimate of drug-likeness (QED) is 0.507. The molecule has 4 rings (SSSR count). The average Bonchev–Trinajstić information content (AvgIpc) is 3.34. The number of piperidine rings is 1. The summed E-state index contributed by atoms with van der Waals surface area (Å²) in [5.74, 6) is -0.451. The minimum Gasteiger partial charge on any atom is -0.382 e. The summed E-state index contributed by atoms with van der Waals surface area (Å²) in [5, 5.41) is 6.69. The zero-order valence-corrected chi connectivity index (χ0v) is 19.4. The van der Waals surface area contributed by atoms with E-state index in [0.29, 0.717) is 38.3 Å². The number of aliphatic imine (C=N–C) groups is 1. The van der Waals surface area contributed by atoms with Crippen molar-refractivity contribution in [2.24, 2.45) is 4.99 Å². The number of nitrogens with one attached hydrogen (secondary N) is 1. The standard InChI is InChI=1S/C20H23ClF3N9O2/c1-10-6-12(20(22,23)24)31-33(10)8-14(35)32-4-2-19(3-5-32)9-27-13(30-19)7-11(34)15-17(25)29-18(26)16(21)28-15/h6H,2-5,7-9H2,1H3,(H,27,30)(H4,25,26,29). The molecule has 0 saturated carbocycles. The van der Waals surface area contributed by atoms with Gasteiger partial charge in [-0.1, -0.05) is 11.6 Å².